The minimum atomic E-state index is -0.721. The number of piperazine rings is 1. The molecule has 1 fully saturated rings. The molecule has 0 atom stereocenters. The zero-order valence-corrected chi connectivity index (χ0v) is 20.4. The number of amides is 1. The molecule has 1 saturated heterocycles. The number of fused-ring (bicyclic) bond motifs is 1. The van der Waals surface area contributed by atoms with Crippen LogP contribution in [0.25, 0.3) is 11.2 Å². The van der Waals surface area contributed by atoms with Crippen LogP contribution in [0.3, 0.4) is 0 Å². The van der Waals surface area contributed by atoms with Gasteiger partial charge in [0.1, 0.15) is 6.54 Å². The zero-order chi connectivity index (χ0) is 24.6. The van der Waals surface area contributed by atoms with E-state index in [9.17, 15) is 14.4 Å². The van der Waals surface area contributed by atoms with Gasteiger partial charge in [0.25, 0.3) is 0 Å². The second-order valence-corrected chi connectivity index (χ2v) is 9.00. The number of pyridine rings is 1. The van der Waals surface area contributed by atoms with Gasteiger partial charge in [-0.3, -0.25) is 23.5 Å². The number of benzene rings is 1. The summed E-state index contributed by atoms with van der Waals surface area (Å²) in [7, 11) is 0. The van der Waals surface area contributed by atoms with Crippen molar-refractivity contribution < 1.29 is 4.79 Å². The largest absolute Gasteiger partial charge is 0.355 e. The highest BCUT2D eigenvalue weighted by molar-refractivity contribution is 5.78. The molecule has 3 heterocycles. The molecule has 0 unspecified atom stereocenters. The average molecular weight is 479 g/mol. The van der Waals surface area contributed by atoms with Crippen LogP contribution in [-0.2, 0) is 17.9 Å². The highest BCUT2D eigenvalue weighted by Gasteiger charge is 2.17. The van der Waals surface area contributed by atoms with Gasteiger partial charge in [-0.1, -0.05) is 37.3 Å². The Morgan fingerprint density at radius 2 is 1.60 bits per heavy atom. The first kappa shape index (κ1) is 24.8. The molecule has 9 heteroatoms. The lowest BCUT2D eigenvalue weighted by molar-refractivity contribution is -0.121. The Balaban J connectivity index is 1.38. The van der Waals surface area contributed by atoms with Gasteiger partial charge in [0.05, 0.1) is 12.1 Å². The molecule has 0 bridgehead atoms. The molecule has 0 saturated carbocycles. The third-order valence-electron chi connectivity index (χ3n) is 6.45. The van der Waals surface area contributed by atoms with Gasteiger partial charge >= 0.3 is 11.1 Å². The average Bonchev–Trinajstić information content (AvgIpc) is 2.89. The van der Waals surface area contributed by atoms with Gasteiger partial charge in [0, 0.05) is 38.9 Å². The lowest BCUT2D eigenvalue weighted by atomic mass is 10.2. The van der Waals surface area contributed by atoms with Crippen molar-refractivity contribution >= 4 is 17.1 Å². The first-order chi connectivity index (χ1) is 17.1. The topological polar surface area (TPSA) is 92.5 Å². The summed E-state index contributed by atoms with van der Waals surface area (Å²) >= 11 is 0. The van der Waals surface area contributed by atoms with Crippen molar-refractivity contribution in [2.75, 3.05) is 45.8 Å². The molecule has 186 valence electrons. The maximum Gasteiger partial charge on any atom is 0.318 e. The Morgan fingerprint density at radius 1 is 0.914 bits per heavy atom. The van der Waals surface area contributed by atoms with Crippen LogP contribution in [-0.4, -0.2) is 75.6 Å². The van der Waals surface area contributed by atoms with Crippen LogP contribution >= 0.6 is 0 Å². The normalized spacial score (nSPS) is 14.9. The summed E-state index contributed by atoms with van der Waals surface area (Å²) in [6.45, 7) is 9.17. The summed E-state index contributed by atoms with van der Waals surface area (Å²) in [4.78, 5) is 47.8. The molecular formula is C26H34N6O3. The number of carbonyl (C=O) groups is 1. The van der Waals surface area contributed by atoms with Crippen LogP contribution in [0.5, 0.6) is 0 Å². The molecule has 1 aromatic carbocycles. The minimum Gasteiger partial charge on any atom is -0.355 e. The Kier molecular flexibility index (Phi) is 8.44. The van der Waals surface area contributed by atoms with Crippen molar-refractivity contribution in [3.05, 3.63) is 74.9 Å². The summed E-state index contributed by atoms with van der Waals surface area (Å²) in [5.74, 6) is -0.287. The molecule has 9 nitrogen and oxygen atoms in total. The van der Waals surface area contributed by atoms with Crippen LogP contribution in [0, 0.1) is 0 Å². The summed E-state index contributed by atoms with van der Waals surface area (Å²) in [6.07, 6.45) is 3.61. The van der Waals surface area contributed by atoms with E-state index in [0.717, 1.165) is 51.3 Å². The second kappa shape index (κ2) is 11.9. The maximum absolute atomic E-state index is 12.9. The summed E-state index contributed by atoms with van der Waals surface area (Å²) in [5.41, 5.74) is 0.337. The quantitative estimate of drug-likeness (QED) is 0.347. The molecule has 4 rings (SSSR count). The van der Waals surface area contributed by atoms with Gasteiger partial charge in [-0.15, -0.1) is 0 Å². The summed E-state index contributed by atoms with van der Waals surface area (Å²) in [5, 5.41) is 2.90. The van der Waals surface area contributed by atoms with Crippen LogP contribution in [0.2, 0.25) is 0 Å². The summed E-state index contributed by atoms with van der Waals surface area (Å²) in [6, 6.07) is 12.9. The zero-order valence-electron chi connectivity index (χ0n) is 20.4. The molecule has 0 radical (unpaired) electrons. The van der Waals surface area contributed by atoms with E-state index in [1.165, 1.54) is 15.6 Å². The molecule has 35 heavy (non-hydrogen) atoms. The maximum atomic E-state index is 12.9. The first-order valence-corrected chi connectivity index (χ1v) is 12.4. The fraction of sp³-hybridized carbons (Fsp3) is 0.462. The highest BCUT2D eigenvalue weighted by Crippen LogP contribution is 2.10. The Morgan fingerprint density at radius 3 is 2.31 bits per heavy atom. The lowest BCUT2D eigenvalue weighted by Crippen LogP contribution is -2.47. The third-order valence-corrected chi connectivity index (χ3v) is 6.45. The van der Waals surface area contributed by atoms with Crippen molar-refractivity contribution in [2.24, 2.45) is 0 Å². The van der Waals surface area contributed by atoms with Crippen LogP contribution in [0.15, 0.2) is 58.3 Å². The van der Waals surface area contributed by atoms with Gasteiger partial charge in [0.2, 0.25) is 5.91 Å². The fourth-order valence-electron chi connectivity index (χ4n) is 4.60. The predicted octanol–water partition coefficient (Wildman–Crippen LogP) is 1.14. The van der Waals surface area contributed by atoms with E-state index in [0.29, 0.717) is 17.7 Å². The number of rotatable bonds is 10. The molecule has 1 aliphatic rings. The first-order valence-electron chi connectivity index (χ1n) is 12.4. The molecule has 2 aromatic heterocycles. The number of nitrogens with one attached hydrogen (secondary N) is 1. The lowest BCUT2D eigenvalue weighted by Gasteiger charge is -2.34. The van der Waals surface area contributed by atoms with E-state index in [1.807, 2.05) is 30.3 Å². The van der Waals surface area contributed by atoms with E-state index in [4.69, 9.17) is 0 Å². The molecular weight excluding hydrogens is 444 g/mol. The fourth-order valence-corrected chi connectivity index (χ4v) is 4.60. The van der Waals surface area contributed by atoms with Crippen molar-refractivity contribution in [1.82, 2.24) is 29.2 Å². The van der Waals surface area contributed by atoms with E-state index >= 15 is 0 Å². The second-order valence-electron chi connectivity index (χ2n) is 9.00. The Hall–Kier alpha value is -3.30. The van der Waals surface area contributed by atoms with Crippen molar-refractivity contribution in [2.45, 2.75) is 32.9 Å². The van der Waals surface area contributed by atoms with Crippen LogP contribution in [0.4, 0.5) is 0 Å². The van der Waals surface area contributed by atoms with Gasteiger partial charge in [-0.25, -0.2) is 4.98 Å². The van der Waals surface area contributed by atoms with Crippen molar-refractivity contribution in [3.63, 3.8) is 0 Å². The molecule has 1 amide bonds. The molecule has 0 spiro atoms. The number of nitrogens with zero attached hydrogens (tertiary/aromatic N) is 5. The number of hydrogen-bond donors (Lipinski definition) is 1. The predicted molar refractivity (Wildman–Crippen MR) is 137 cm³/mol. The molecule has 3 aromatic rings. The number of aromatic nitrogens is 3. The Labute approximate surface area is 205 Å². The van der Waals surface area contributed by atoms with E-state index in [1.54, 1.807) is 18.3 Å². The Bertz CT molecular complexity index is 1250. The summed E-state index contributed by atoms with van der Waals surface area (Å²) < 4.78 is 2.61. The van der Waals surface area contributed by atoms with Crippen molar-refractivity contribution in [1.29, 1.82) is 0 Å². The van der Waals surface area contributed by atoms with E-state index < -0.39 is 11.1 Å². The van der Waals surface area contributed by atoms with Crippen LogP contribution < -0.4 is 16.4 Å². The molecule has 0 aliphatic carbocycles. The third kappa shape index (κ3) is 6.23. The van der Waals surface area contributed by atoms with Gasteiger partial charge in [0.15, 0.2) is 5.65 Å². The van der Waals surface area contributed by atoms with Gasteiger partial charge < -0.3 is 15.1 Å². The number of hydrogen-bond acceptors (Lipinski definition) is 6. The minimum absolute atomic E-state index is 0.210. The number of carbonyl (C=O) groups excluding carboxylic acids is 1. The smallest absolute Gasteiger partial charge is 0.318 e. The van der Waals surface area contributed by atoms with Crippen LogP contribution in [0.1, 0.15) is 25.3 Å². The molecule has 1 N–H and O–H groups in total. The standard InChI is InChI=1S/C26H34N6O3/c1-2-13-29-15-17-30(18-16-29)14-7-12-27-23(33)20-31-22-10-6-11-28-24(22)32(26(35)25(31)34)19-21-8-4-3-5-9-21/h3-6,8-11H,2,7,12-20H2,1H3,(H,27,33). The van der Waals surface area contributed by atoms with E-state index in [-0.39, 0.29) is 19.0 Å². The van der Waals surface area contributed by atoms with Gasteiger partial charge in [-0.05, 0) is 43.6 Å². The highest BCUT2D eigenvalue weighted by atomic mass is 16.2. The SMILES string of the molecule is CCCN1CCN(CCCNC(=O)Cn2c(=O)c(=O)n(Cc3ccccc3)c3ncccc32)CC1. The van der Waals surface area contributed by atoms with Crippen molar-refractivity contribution in [3.8, 4) is 0 Å². The molecule has 1 aliphatic heterocycles. The monoisotopic (exact) mass is 478 g/mol. The van der Waals surface area contributed by atoms with E-state index in [2.05, 4.69) is 27.0 Å². The van der Waals surface area contributed by atoms with Gasteiger partial charge in [-0.2, -0.15) is 0 Å².